The number of aromatic amines is 1. The average molecular weight is 447 g/mol. The van der Waals surface area contributed by atoms with Gasteiger partial charge in [0.25, 0.3) is 0 Å². The molecule has 31 heavy (non-hydrogen) atoms. The number of fused-ring (bicyclic) bond motifs is 1. The first-order valence-corrected chi connectivity index (χ1v) is 10.4. The molecule has 0 unspecified atom stereocenters. The number of carbonyl (C=O) groups is 1. The zero-order chi connectivity index (χ0) is 21.8. The number of amides is 1. The molecule has 0 saturated carbocycles. The van der Waals surface area contributed by atoms with E-state index >= 15 is 0 Å². The molecule has 154 valence electrons. The third kappa shape index (κ3) is 5.17. The molecule has 1 aromatic heterocycles. The maximum Gasteiger partial charge on any atom is 0.250 e. The van der Waals surface area contributed by atoms with E-state index in [4.69, 9.17) is 23.8 Å². The Hall–Kier alpha value is -3.48. The van der Waals surface area contributed by atoms with Gasteiger partial charge in [0.15, 0.2) is 5.11 Å². The SMILES string of the molecule is Cc1cc2[nH]c(-c3cccc(NC(=S)NC(=O)/C=C/c4ccccc4)c3)nc2cc1Cl. The highest BCUT2D eigenvalue weighted by Gasteiger charge is 2.09. The van der Waals surface area contributed by atoms with Crippen LogP contribution in [0.15, 0.2) is 72.8 Å². The molecule has 0 spiro atoms. The molecular formula is C24H19ClN4OS. The van der Waals surface area contributed by atoms with Gasteiger partial charge >= 0.3 is 0 Å². The van der Waals surface area contributed by atoms with Crippen LogP contribution >= 0.6 is 23.8 Å². The lowest BCUT2D eigenvalue weighted by Gasteiger charge is -2.09. The Bertz CT molecular complexity index is 1260. The number of carbonyl (C=O) groups excluding carboxylic acids is 1. The second-order valence-corrected chi connectivity index (χ2v) is 7.79. The second kappa shape index (κ2) is 9.12. The van der Waals surface area contributed by atoms with Crippen LogP contribution in [0.2, 0.25) is 5.02 Å². The second-order valence-electron chi connectivity index (χ2n) is 6.97. The van der Waals surface area contributed by atoms with E-state index in [0.29, 0.717) is 5.02 Å². The lowest BCUT2D eigenvalue weighted by atomic mass is 10.2. The summed E-state index contributed by atoms with van der Waals surface area (Å²) in [4.78, 5) is 20.1. The van der Waals surface area contributed by atoms with Crippen molar-refractivity contribution in [3.63, 3.8) is 0 Å². The molecule has 4 aromatic rings. The Morgan fingerprint density at radius 3 is 2.71 bits per heavy atom. The molecule has 5 nitrogen and oxygen atoms in total. The van der Waals surface area contributed by atoms with Gasteiger partial charge in [-0.3, -0.25) is 10.1 Å². The van der Waals surface area contributed by atoms with Crippen LogP contribution in [0, 0.1) is 6.92 Å². The van der Waals surface area contributed by atoms with Gasteiger partial charge in [0.05, 0.1) is 11.0 Å². The molecule has 0 atom stereocenters. The van der Waals surface area contributed by atoms with Crippen molar-refractivity contribution in [3.8, 4) is 11.4 Å². The molecule has 0 aliphatic carbocycles. The molecule has 3 N–H and O–H groups in total. The normalized spacial score (nSPS) is 11.0. The fourth-order valence-electron chi connectivity index (χ4n) is 3.07. The number of nitrogens with one attached hydrogen (secondary N) is 3. The summed E-state index contributed by atoms with van der Waals surface area (Å²) >= 11 is 11.5. The first kappa shape index (κ1) is 20.8. The molecule has 1 amide bonds. The van der Waals surface area contributed by atoms with Gasteiger partial charge in [-0.2, -0.15) is 0 Å². The molecule has 0 fully saturated rings. The summed E-state index contributed by atoms with van der Waals surface area (Å²) in [5.74, 6) is 0.420. The molecule has 0 radical (unpaired) electrons. The number of aromatic nitrogens is 2. The van der Waals surface area contributed by atoms with E-state index in [1.165, 1.54) is 6.08 Å². The van der Waals surface area contributed by atoms with Gasteiger partial charge in [0.2, 0.25) is 5.91 Å². The predicted molar refractivity (Wildman–Crippen MR) is 131 cm³/mol. The topological polar surface area (TPSA) is 69.8 Å². The minimum Gasteiger partial charge on any atom is -0.338 e. The summed E-state index contributed by atoms with van der Waals surface area (Å²) in [6, 6.07) is 21.0. The Labute approximate surface area is 190 Å². The Morgan fingerprint density at radius 1 is 1.10 bits per heavy atom. The molecule has 0 saturated heterocycles. The molecule has 0 bridgehead atoms. The van der Waals surface area contributed by atoms with Gasteiger partial charge < -0.3 is 10.3 Å². The van der Waals surface area contributed by atoms with Crippen LogP contribution in [-0.4, -0.2) is 21.0 Å². The highest BCUT2D eigenvalue weighted by atomic mass is 35.5. The first-order chi connectivity index (χ1) is 15.0. The summed E-state index contributed by atoms with van der Waals surface area (Å²) in [7, 11) is 0. The minimum atomic E-state index is -0.304. The molecule has 0 aliphatic rings. The zero-order valence-corrected chi connectivity index (χ0v) is 18.2. The number of rotatable bonds is 4. The summed E-state index contributed by atoms with van der Waals surface area (Å²) in [6.07, 6.45) is 3.18. The van der Waals surface area contributed by atoms with E-state index in [1.54, 1.807) is 6.08 Å². The Kier molecular flexibility index (Phi) is 6.11. The molecule has 1 heterocycles. The number of thiocarbonyl (C=S) groups is 1. The summed E-state index contributed by atoms with van der Waals surface area (Å²) < 4.78 is 0. The maximum atomic E-state index is 12.1. The number of halogens is 1. The van der Waals surface area contributed by atoms with Gasteiger partial charge in [-0.25, -0.2) is 4.98 Å². The lowest BCUT2D eigenvalue weighted by Crippen LogP contribution is -2.32. The fourth-order valence-corrected chi connectivity index (χ4v) is 3.45. The number of hydrogen-bond donors (Lipinski definition) is 3. The minimum absolute atomic E-state index is 0.215. The van der Waals surface area contributed by atoms with Crippen molar-refractivity contribution in [3.05, 3.63) is 89.0 Å². The third-order valence-corrected chi connectivity index (χ3v) is 5.23. The summed E-state index contributed by atoms with van der Waals surface area (Å²) in [5.41, 5.74) is 5.27. The third-order valence-electron chi connectivity index (χ3n) is 4.62. The van der Waals surface area contributed by atoms with Crippen molar-refractivity contribution in [1.82, 2.24) is 15.3 Å². The van der Waals surface area contributed by atoms with Crippen LogP contribution in [0.4, 0.5) is 5.69 Å². The highest BCUT2D eigenvalue weighted by molar-refractivity contribution is 7.80. The molecule has 0 aliphatic heterocycles. The number of benzene rings is 3. The maximum absolute atomic E-state index is 12.1. The largest absolute Gasteiger partial charge is 0.338 e. The Balaban J connectivity index is 1.44. The van der Waals surface area contributed by atoms with Gasteiger partial charge in [-0.05, 0) is 60.6 Å². The standard InChI is InChI=1S/C24H19ClN4OS/c1-15-12-20-21(14-19(15)25)28-23(27-20)17-8-5-9-18(13-17)26-24(31)29-22(30)11-10-16-6-3-2-4-7-16/h2-14H,1H3,(H,27,28)(H2,26,29,30,31)/b11-10+. The van der Waals surface area contributed by atoms with E-state index in [9.17, 15) is 4.79 Å². The number of H-pyrrole nitrogens is 1. The predicted octanol–water partition coefficient (Wildman–Crippen LogP) is 5.72. The molecule has 4 rings (SSSR count). The van der Waals surface area contributed by atoms with Crippen molar-refractivity contribution in [1.29, 1.82) is 0 Å². The van der Waals surface area contributed by atoms with Crippen LogP contribution in [0.1, 0.15) is 11.1 Å². The number of imidazole rings is 1. The van der Waals surface area contributed by atoms with E-state index in [0.717, 1.165) is 39.2 Å². The van der Waals surface area contributed by atoms with Crippen LogP contribution in [-0.2, 0) is 4.79 Å². The number of aryl methyl sites for hydroxylation is 1. The summed E-state index contributed by atoms with van der Waals surface area (Å²) in [6.45, 7) is 1.96. The van der Waals surface area contributed by atoms with Crippen LogP contribution in [0.25, 0.3) is 28.5 Å². The van der Waals surface area contributed by atoms with E-state index < -0.39 is 0 Å². The molecule has 3 aromatic carbocycles. The van der Waals surface area contributed by atoms with E-state index in [1.807, 2.05) is 73.7 Å². The lowest BCUT2D eigenvalue weighted by molar-refractivity contribution is -0.115. The van der Waals surface area contributed by atoms with Gasteiger partial charge in [-0.1, -0.05) is 54.1 Å². The summed E-state index contributed by atoms with van der Waals surface area (Å²) in [5, 5.41) is 6.58. The molecular weight excluding hydrogens is 428 g/mol. The van der Waals surface area contributed by atoms with Gasteiger partial charge in [0, 0.05) is 22.3 Å². The number of hydrogen-bond acceptors (Lipinski definition) is 3. The number of nitrogens with zero attached hydrogens (tertiary/aromatic N) is 1. The van der Waals surface area contributed by atoms with Crippen LogP contribution in [0.3, 0.4) is 0 Å². The van der Waals surface area contributed by atoms with Gasteiger partial charge in [-0.15, -0.1) is 0 Å². The van der Waals surface area contributed by atoms with Crippen molar-refractivity contribution < 1.29 is 4.79 Å². The van der Waals surface area contributed by atoms with E-state index in [-0.39, 0.29) is 11.0 Å². The van der Waals surface area contributed by atoms with Crippen LogP contribution < -0.4 is 10.6 Å². The Morgan fingerprint density at radius 2 is 1.90 bits per heavy atom. The van der Waals surface area contributed by atoms with Crippen molar-refractivity contribution in [2.24, 2.45) is 0 Å². The van der Waals surface area contributed by atoms with Crippen molar-refractivity contribution >= 4 is 57.6 Å². The number of anilines is 1. The van der Waals surface area contributed by atoms with Crippen molar-refractivity contribution in [2.75, 3.05) is 5.32 Å². The monoisotopic (exact) mass is 446 g/mol. The molecule has 7 heteroatoms. The van der Waals surface area contributed by atoms with Crippen LogP contribution in [0.5, 0.6) is 0 Å². The smallest absolute Gasteiger partial charge is 0.250 e. The highest BCUT2D eigenvalue weighted by Crippen LogP contribution is 2.26. The zero-order valence-electron chi connectivity index (χ0n) is 16.6. The van der Waals surface area contributed by atoms with Gasteiger partial charge in [0.1, 0.15) is 5.82 Å². The fraction of sp³-hybridized carbons (Fsp3) is 0.0417. The average Bonchev–Trinajstić information content (AvgIpc) is 3.16. The quantitative estimate of drug-likeness (QED) is 0.277. The van der Waals surface area contributed by atoms with E-state index in [2.05, 4.69) is 20.6 Å². The van der Waals surface area contributed by atoms with Crippen molar-refractivity contribution in [2.45, 2.75) is 6.92 Å². The first-order valence-electron chi connectivity index (χ1n) is 9.59.